The molecule has 0 radical (unpaired) electrons. The van der Waals surface area contributed by atoms with E-state index >= 15 is 0 Å². The normalized spacial score (nSPS) is 15.8. The lowest BCUT2D eigenvalue weighted by atomic mass is 9.78. The fourth-order valence-electron chi connectivity index (χ4n) is 4.90. The second-order valence-corrected chi connectivity index (χ2v) is 9.47. The van der Waals surface area contributed by atoms with Crippen LogP contribution >= 0.6 is 0 Å². The summed E-state index contributed by atoms with van der Waals surface area (Å²) in [6, 6.07) is 31.5. The topological polar surface area (TPSA) is 58.9 Å². The summed E-state index contributed by atoms with van der Waals surface area (Å²) >= 11 is 0. The molecule has 0 saturated heterocycles. The van der Waals surface area contributed by atoms with E-state index in [0.717, 1.165) is 50.8 Å². The summed E-state index contributed by atoms with van der Waals surface area (Å²) in [7, 11) is -0.836. The number of benzene rings is 4. The first kappa shape index (κ1) is 25.6. The second-order valence-electron chi connectivity index (χ2n) is 9.47. The van der Waals surface area contributed by atoms with Crippen molar-refractivity contribution in [2.45, 2.75) is 25.3 Å². The van der Waals surface area contributed by atoms with Gasteiger partial charge in [-0.25, -0.2) is 0 Å². The van der Waals surface area contributed by atoms with Gasteiger partial charge in [0.15, 0.2) is 0 Å². The summed E-state index contributed by atoms with van der Waals surface area (Å²) in [5, 5.41) is 22.5. The van der Waals surface area contributed by atoms with Crippen LogP contribution in [-0.4, -0.2) is 30.0 Å². The minimum Gasteiger partial charge on any atom is -0.507 e. The quantitative estimate of drug-likeness (QED) is 0.186. The van der Waals surface area contributed by atoms with Crippen molar-refractivity contribution in [1.82, 2.24) is 0 Å². The fraction of sp³-hybridized carbons (Fsp3) is 0.152. The van der Waals surface area contributed by atoms with Crippen LogP contribution in [0.5, 0.6) is 11.5 Å². The van der Waals surface area contributed by atoms with Crippen molar-refractivity contribution >= 4 is 29.5 Å². The van der Waals surface area contributed by atoms with Gasteiger partial charge in [-0.2, -0.15) is 0 Å². The van der Waals surface area contributed by atoms with Gasteiger partial charge < -0.3 is 19.5 Å². The summed E-state index contributed by atoms with van der Waals surface area (Å²) in [5.74, 6) is 1.06. The van der Waals surface area contributed by atoms with E-state index in [1.54, 1.807) is 6.07 Å². The fourth-order valence-corrected chi connectivity index (χ4v) is 4.90. The molecule has 0 aliphatic carbocycles. The summed E-state index contributed by atoms with van der Waals surface area (Å²) < 4.78 is 11.9. The van der Waals surface area contributed by atoms with Crippen LogP contribution in [0.15, 0.2) is 121 Å². The van der Waals surface area contributed by atoms with Crippen molar-refractivity contribution in [2.75, 3.05) is 6.61 Å². The molecular weight excluding hydrogens is 471 g/mol. The van der Waals surface area contributed by atoms with E-state index in [2.05, 4.69) is 24.8 Å². The third-order valence-corrected chi connectivity index (χ3v) is 6.86. The standard InChI is InChI=1S/C33H31BO4/c1-24(23-37-28-12-6-3-7-13-28)29-20-21-34(36)38-33(29)19-17-26(25-10-4-2-5-11-25)22-27-16-18-32(35)31-15-9-8-14-30(27)31/h2-16,18,20,22,33,35-36H,1,17,19,21,23H2/b26-22-. The number of para-hydroxylation sites is 1. The number of fused-ring (bicyclic) bond motifs is 1. The van der Waals surface area contributed by atoms with E-state index in [-0.39, 0.29) is 11.9 Å². The Labute approximate surface area is 224 Å². The number of phenols is 1. The highest BCUT2D eigenvalue weighted by atomic mass is 16.5. The van der Waals surface area contributed by atoms with Crippen LogP contribution in [-0.2, 0) is 4.65 Å². The lowest BCUT2D eigenvalue weighted by molar-refractivity contribution is 0.182. The van der Waals surface area contributed by atoms with Gasteiger partial charge in [-0.1, -0.05) is 97.6 Å². The highest BCUT2D eigenvalue weighted by Gasteiger charge is 2.28. The highest BCUT2D eigenvalue weighted by Crippen LogP contribution is 2.34. The first-order valence-corrected chi connectivity index (χ1v) is 12.9. The van der Waals surface area contributed by atoms with Gasteiger partial charge >= 0.3 is 7.12 Å². The summed E-state index contributed by atoms with van der Waals surface area (Å²) in [6.45, 7) is 4.62. The molecule has 1 aliphatic heterocycles. The van der Waals surface area contributed by atoms with Gasteiger partial charge in [0.05, 0.1) is 6.10 Å². The van der Waals surface area contributed by atoms with E-state index in [4.69, 9.17) is 9.39 Å². The molecule has 0 spiro atoms. The van der Waals surface area contributed by atoms with E-state index in [1.807, 2.05) is 84.9 Å². The predicted molar refractivity (Wildman–Crippen MR) is 156 cm³/mol. The predicted octanol–water partition coefficient (Wildman–Crippen LogP) is 7.31. The summed E-state index contributed by atoms with van der Waals surface area (Å²) in [5.41, 5.74) is 5.14. The monoisotopic (exact) mass is 502 g/mol. The molecule has 1 atom stereocenters. The molecule has 0 fully saturated rings. The molecule has 1 unspecified atom stereocenters. The van der Waals surface area contributed by atoms with Crippen molar-refractivity contribution in [3.63, 3.8) is 0 Å². The molecule has 38 heavy (non-hydrogen) atoms. The van der Waals surface area contributed by atoms with Crippen molar-refractivity contribution in [3.8, 4) is 11.5 Å². The van der Waals surface area contributed by atoms with Gasteiger partial charge in [-0.15, -0.1) is 0 Å². The maximum atomic E-state index is 10.4. The number of aromatic hydroxyl groups is 1. The molecule has 0 bridgehead atoms. The van der Waals surface area contributed by atoms with Crippen molar-refractivity contribution in [1.29, 1.82) is 0 Å². The van der Waals surface area contributed by atoms with Gasteiger partial charge in [0, 0.05) is 11.7 Å². The first-order chi connectivity index (χ1) is 18.6. The third kappa shape index (κ3) is 6.08. The summed E-state index contributed by atoms with van der Waals surface area (Å²) in [4.78, 5) is 0. The van der Waals surface area contributed by atoms with Crippen LogP contribution in [0.2, 0.25) is 6.32 Å². The average Bonchev–Trinajstić information content (AvgIpc) is 2.96. The van der Waals surface area contributed by atoms with Gasteiger partial charge in [-0.3, -0.25) is 0 Å². The summed E-state index contributed by atoms with van der Waals surface area (Å²) in [6.07, 6.45) is 5.73. The smallest absolute Gasteiger partial charge is 0.458 e. The third-order valence-electron chi connectivity index (χ3n) is 6.86. The Morgan fingerprint density at radius 1 is 0.921 bits per heavy atom. The Balaban J connectivity index is 1.39. The second kappa shape index (κ2) is 12.0. The molecular formula is C33H31BO4. The van der Waals surface area contributed by atoms with Crippen LogP contribution in [0, 0.1) is 0 Å². The molecule has 4 aromatic rings. The van der Waals surface area contributed by atoms with Crippen molar-refractivity contribution in [3.05, 3.63) is 132 Å². The molecule has 190 valence electrons. The largest absolute Gasteiger partial charge is 0.507 e. The number of ether oxygens (including phenoxy) is 1. The molecule has 0 saturated carbocycles. The minimum atomic E-state index is -0.836. The number of rotatable bonds is 9. The zero-order valence-electron chi connectivity index (χ0n) is 21.3. The van der Waals surface area contributed by atoms with Crippen LogP contribution in [0.25, 0.3) is 22.4 Å². The lowest BCUT2D eigenvalue weighted by Gasteiger charge is -2.28. The Morgan fingerprint density at radius 2 is 1.61 bits per heavy atom. The Morgan fingerprint density at radius 3 is 2.37 bits per heavy atom. The van der Waals surface area contributed by atoms with Crippen LogP contribution < -0.4 is 4.74 Å². The van der Waals surface area contributed by atoms with Gasteiger partial charge in [-0.05, 0) is 64.3 Å². The van der Waals surface area contributed by atoms with Gasteiger partial charge in [0.2, 0.25) is 0 Å². The Bertz CT molecular complexity index is 1460. The number of allylic oxidation sites excluding steroid dienone is 2. The molecule has 1 heterocycles. The zero-order chi connectivity index (χ0) is 26.3. The lowest BCUT2D eigenvalue weighted by Crippen LogP contribution is -2.32. The van der Waals surface area contributed by atoms with Crippen LogP contribution in [0.4, 0.5) is 0 Å². The minimum absolute atomic E-state index is 0.273. The van der Waals surface area contributed by atoms with Crippen LogP contribution in [0.1, 0.15) is 24.0 Å². The van der Waals surface area contributed by atoms with Gasteiger partial charge in [0.25, 0.3) is 0 Å². The van der Waals surface area contributed by atoms with Gasteiger partial charge in [0.1, 0.15) is 18.1 Å². The maximum Gasteiger partial charge on any atom is 0.458 e. The Hall–Kier alpha value is -4.06. The van der Waals surface area contributed by atoms with Crippen molar-refractivity contribution < 1.29 is 19.5 Å². The molecule has 0 aromatic heterocycles. The molecule has 0 amide bonds. The molecule has 5 rings (SSSR count). The van der Waals surface area contributed by atoms with E-state index in [0.29, 0.717) is 19.3 Å². The first-order valence-electron chi connectivity index (χ1n) is 12.9. The van der Waals surface area contributed by atoms with Crippen molar-refractivity contribution in [2.24, 2.45) is 0 Å². The maximum absolute atomic E-state index is 10.4. The van der Waals surface area contributed by atoms with E-state index < -0.39 is 7.12 Å². The SMILES string of the molecule is C=C(COc1ccccc1)C1=CCB(O)OC1CC/C(=C/c1ccc(O)c2ccccc12)c1ccccc1. The number of hydrogen-bond donors (Lipinski definition) is 2. The number of phenolic OH excluding ortho intramolecular Hbond substituents is 1. The zero-order valence-corrected chi connectivity index (χ0v) is 21.3. The number of hydrogen-bond acceptors (Lipinski definition) is 4. The van der Waals surface area contributed by atoms with Crippen LogP contribution in [0.3, 0.4) is 0 Å². The molecule has 2 N–H and O–H groups in total. The molecule has 5 heteroatoms. The average molecular weight is 502 g/mol. The molecule has 1 aliphatic rings. The molecule has 4 aromatic carbocycles. The van der Waals surface area contributed by atoms with E-state index in [9.17, 15) is 10.1 Å². The molecule has 4 nitrogen and oxygen atoms in total. The van der Waals surface area contributed by atoms with E-state index in [1.165, 1.54) is 0 Å². The highest BCUT2D eigenvalue weighted by molar-refractivity contribution is 6.43. The Kier molecular flexibility index (Phi) is 8.08.